The maximum atomic E-state index is 11.6. The van der Waals surface area contributed by atoms with E-state index in [-0.39, 0.29) is 18.1 Å². The van der Waals surface area contributed by atoms with Crippen molar-refractivity contribution in [3.05, 3.63) is 48.0 Å². The maximum Gasteiger partial charge on any atom is 0.409 e. The van der Waals surface area contributed by atoms with Crippen molar-refractivity contribution in [1.29, 1.82) is 0 Å². The van der Waals surface area contributed by atoms with Crippen molar-refractivity contribution in [3.63, 3.8) is 0 Å². The van der Waals surface area contributed by atoms with Crippen LogP contribution in [0.3, 0.4) is 0 Å². The molecule has 1 aliphatic rings. The predicted octanol–water partition coefficient (Wildman–Crippen LogP) is 1.91. The van der Waals surface area contributed by atoms with E-state index in [9.17, 15) is 18.0 Å². The van der Waals surface area contributed by atoms with Gasteiger partial charge in [-0.3, -0.25) is 0 Å². The van der Waals surface area contributed by atoms with E-state index in [1.54, 1.807) is 0 Å². The molecule has 1 aromatic carbocycles. The van der Waals surface area contributed by atoms with Crippen LogP contribution in [0.5, 0.6) is 0 Å². The summed E-state index contributed by atoms with van der Waals surface area (Å²) in [5.74, 6) is 0.114. The van der Waals surface area contributed by atoms with E-state index in [0.29, 0.717) is 25.2 Å². The van der Waals surface area contributed by atoms with Crippen molar-refractivity contribution in [1.82, 2.24) is 0 Å². The van der Waals surface area contributed by atoms with E-state index >= 15 is 0 Å². The highest BCUT2D eigenvalue weighted by Crippen LogP contribution is 2.18. The molecule has 2 unspecified atom stereocenters. The fraction of sp³-hybridized carbons (Fsp3) is 0.526. The lowest BCUT2D eigenvalue weighted by molar-refractivity contribution is -0.415. The van der Waals surface area contributed by atoms with Crippen LogP contribution >= 0.6 is 0 Å². The van der Waals surface area contributed by atoms with Crippen molar-refractivity contribution in [2.24, 2.45) is 5.92 Å². The van der Waals surface area contributed by atoms with E-state index < -0.39 is 18.8 Å². The molecule has 27 heavy (non-hydrogen) atoms. The standard InChI is InChI=1S/C15H21NO3.C4H5F3O/c1-11-7-13(8-12-5-3-2-4-6-12)9-18-10-14(16)15(17)19-11;5-4(6,7)2-1-3-8/h2-6,11,13-14H,7-10,16H2,1H3;1-2,8H,3H2/p+1/b;2-1+/t11?,13?,14-;/m0./s1. The summed E-state index contributed by atoms with van der Waals surface area (Å²) in [6.45, 7) is 2.37. The van der Waals surface area contributed by atoms with Crippen LogP contribution in [0.25, 0.3) is 0 Å². The van der Waals surface area contributed by atoms with Gasteiger partial charge >= 0.3 is 12.1 Å². The Kier molecular flexibility index (Phi) is 10.1. The molecule has 5 nitrogen and oxygen atoms in total. The highest BCUT2D eigenvalue weighted by atomic mass is 19.4. The molecule has 0 aromatic heterocycles. The number of allylic oxidation sites excluding steroid dienone is 1. The van der Waals surface area contributed by atoms with Gasteiger partial charge in [0.1, 0.15) is 6.61 Å². The van der Waals surface area contributed by atoms with Crippen molar-refractivity contribution in [2.75, 3.05) is 19.8 Å². The van der Waals surface area contributed by atoms with Crippen LogP contribution in [0, 0.1) is 5.92 Å². The number of alkyl halides is 3. The monoisotopic (exact) mass is 390 g/mol. The minimum Gasteiger partial charge on any atom is -0.458 e. The number of aliphatic hydroxyl groups is 1. The number of carbonyl (C=O) groups excluding carboxylic acids is 1. The molecule has 0 saturated carbocycles. The second-order valence-electron chi connectivity index (χ2n) is 6.40. The minimum atomic E-state index is -4.29. The Morgan fingerprint density at radius 3 is 2.48 bits per heavy atom. The van der Waals surface area contributed by atoms with Crippen LogP contribution in [0.4, 0.5) is 13.2 Å². The molecule has 0 radical (unpaired) electrons. The van der Waals surface area contributed by atoms with Gasteiger partial charge in [0.15, 0.2) is 0 Å². The number of ether oxygens (including phenoxy) is 2. The summed E-state index contributed by atoms with van der Waals surface area (Å²) in [7, 11) is 0. The fourth-order valence-electron chi connectivity index (χ4n) is 2.60. The lowest BCUT2D eigenvalue weighted by Gasteiger charge is -2.19. The first-order chi connectivity index (χ1) is 12.7. The van der Waals surface area contributed by atoms with Crippen molar-refractivity contribution in [2.45, 2.75) is 38.1 Å². The van der Waals surface area contributed by atoms with E-state index in [0.717, 1.165) is 12.8 Å². The molecule has 1 aliphatic heterocycles. The third-order valence-electron chi connectivity index (χ3n) is 3.77. The van der Waals surface area contributed by atoms with E-state index in [2.05, 4.69) is 17.9 Å². The van der Waals surface area contributed by atoms with Gasteiger partial charge in [-0.1, -0.05) is 36.4 Å². The van der Waals surface area contributed by atoms with Gasteiger partial charge in [-0.25, -0.2) is 4.79 Å². The Balaban J connectivity index is 0.000000387. The third-order valence-corrected chi connectivity index (χ3v) is 3.77. The second-order valence-corrected chi connectivity index (χ2v) is 6.40. The topological polar surface area (TPSA) is 83.4 Å². The normalized spacial score (nSPS) is 24.2. The van der Waals surface area contributed by atoms with Crippen molar-refractivity contribution in [3.8, 4) is 0 Å². The quantitative estimate of drug-likeness (QED) is 0.610. The van der Waals surface area contributed by atoms with Gasteiger partial charge in [0, 0.05) is 6.08 Å². The Morgan fingerprint density at radius 2 is 1.93 bits per heavy atom. The Hall–Kier alpha value is -1.90. The summed E-state index contributed by atoms with van der Waals surface area (Å²) >= 11 is 0. The number of rotatable bonds is 3. The van der Waals surface area contributed by atoms with Crippen molar-refractivity contribution < 1.29 is 38.3 Å². The van der Waals surface area contributed by atoms with Crippen LogP contribution in [0.2, 0.25) is 0 Å². The zero-order valence-electron chi connectivity index (χ0n) is 15.3. The first-order valence-electron chi connectivity index (χ1n) is 8.71. The molecule has 152 valence electrons. The number of cyclic esters (lactones) is 1. The average molecular weight is 390 g/mol. The molecule has 0 bridgehead atoms. The summed E-state index contributed by atoms with van der Waals surface area (Å²) in [5.41, 5.74) is 5.06. The summed E-state index contributed by atoms with van der Waals surface area (Å²) in [6.07, 6.45) is -1.96. The third kappa shape index (κ3) is 10.7. The summed E-state index contributed by atoms with van der Waals surface area (Å²) in [4.78, 5) is 11.6. The van der Waals surface area contributed by atoms with Gasteiger partial charge in [0.2, 0.25) is 6.04 Å². The number of quaternary nitrogens is 1. The summed E-state index contributed by atoms with van der Waals surface area (Å²) < 4.78 is 44.1. The number of carbonyl (C=O) groups is 1. The molecule has 0 amide bonds. The molecule has 4 N–H and O–H groups in total. The largest absolute Gasteiger partial charge is 0.458 e. The highest BCUT2D eigenvalue weighted by Gasteiger charge is 2.26. The lowest BCUT2D eigenvalue weighted by atomic mass is 9.95. The second kappa shape index (κ2) is 11.7. The molecular formula is C19H27F3NO4+. The van der Waals surface area contributed by atoms with Crippen LogP contribution in [0.1, 0.15) is 18.9 Å². The maximum absolute atomic E-state index is 11.6. The molecule has 3 atom stereocenters. The molecule has 1 fully saturated rings. The molecule has 1 aromatic rings. The molecule has 1 heterocycles. The first-order valence-corrected chi connectivity index (χ1v) is 8.71. The Morgan fingerprint density at radius 1 is 1.26 bits per heavy atom. The first kappa shape index (κ1) is 23.1. The van der Waals surface area contributed by atoms with E-state index in [4.69, 9.17) is 14.6 Å². The zero-order chi connectivity index (χ0) is 20.3. The molecule has 0 spiro atoms. The SMILES string of the molecule is CC1CC(Cc2ccccc2)COC[C@H]([NH3+])C(=O)O1.OC/C=C/C(F)(F)F. The highest BCUT2D eigenvalue weighted by molar-refractivity contribution is 5.74. The summed E-state index contributed by atoms with van der Waals surface area (Å²) in [5, 5.41) is 7.84. The molecule has 2 rings (SSSR count). The number of hydrogen-bond acceptors (Lipinski definition) is 4. The smallest absolute Gasteiger partial charge is 0.409 e. The van der Waals surface area contributed by atoms with Crippen LogP contribution in [0.15, 0.2) is 42.5 Å². The van der Waals surface area contributed by atoms with Gasteiger partial charge in [0.05, 0.1) is 19.3 Å². The van der Waals surface area contributed by atoms with Crippen LogP contribution < -0.4 is 5.73 Å². The van der Waals surface area contributed by atoms with Gasteiger partial charge in [-0.05, 0) is 31.2 Å². The predicted molar refractivity (Wildman–Crippen MR) is 93.6 cm³/mol. The number of hydrogen-bond donors (Lipinski definition) is 2. The average Bonchev–Trinajstić information content (AvgIpc) is 2.65. The molecular weight excluding hydrogens is 363 g/mol. The minimum absolute atomic E-state index is 0.00694. The van der Waals surface area contributed by atoms with E-state index in [1.807, 2.05) is 25.1 Å². The fourth-order valence-corrected chi connectivity index (χ4v) is 2.60. The lowest BCUT2D eigenvalue weighted by Crippen LogP contribution is -2.67. The van der Waals surface area contributed by atoms with Gasteiger partial charge < -0.3 is 20.3 Å². The molecule has 8 heteroatoms. The Labute approximate surface area is 157 Å². The molecule has 1 saturated heterocycles. The van der Waals surface area contributed by atoms with Crippen LogP contribution in [-0.2, 0) is 20.7 Å². The molecule has 0 aliphatic carbocycles. The number of esters is 1. The van der Waals surface area contributed by atoms with Gasteiger partial charge in [0.25, 0.3) is 0 Å². The van der Waals surface area contributed by atoms with Crippen molar-refractivity contribution >= 4 is 5.97 Å². The number of halogens is 3. The number of aliphatic hydroxyl groups excluding tert-OH is 1. The van der Waals surface area contributed by atoms with Gasteiger partial charge in [-0.2, -0.15) is 13.2 Å². The Bertz CT molecular complexity index is 578. The van der Waals surface area contributed by atoms with Gasteiger partial charge in [-0.15, -0.1) is 0 Å². The zero-order valence-corrected chi connectivity index (χ0v) is 15.3. The van der Waals surface area contributed by atoms with E-state index in [1.165, 1.54) is 5.56 Å². The number of benzene rings is 1. The van der Waals surface area contributed by atoms with Crippen LogP contribution in [-0.4, -0.2) is 49.2 Å². The summed E-state index contributed by atoms with van der Waals surface area (Å²) in [6, 6.07) is 9.92.